The largest absolute Gasteiger partial charge is 0.477 e. The van der Waals surface area contributed by atoms with Crippen LogP contribution in [0.2, 0.25) is 0 Å². The molecule has 0 unspecified atom stereocenters. The molecule has 0 atom stereocenters. The number of sulfone groups is 1. The van der Waals surface area contributed by atoms with Crippen LogP contribution in [-0.2, 0) is 19.9 Å². The van der Waals surface area contributed by atoms with Gasteiger partial charge in [-0.1, -0.05) is 0 Å². The molecule has 0 spiro atoms. The van der Waals surface area contributed by atoms with E-state index in [1.54, 1.807) is 0 Å². The van der Waals surface area contributed by atoms with E-state index in [0.29, 0.717) is 11.3 Å². The lowest BCUT2D eigenvalue weighted by Crippen LogP contribution is -2.28. The fourth-order valence-electron chi connectivity index (χ4n) is 1.01. The molecule has 0 aromatic carbocycles. The summed E-state index contributed by atoms with van der Waals surface area (Å²) >= 11 is 0.606. The Labute approximate surface area is 108 Å². The van der Waals surface area contributed by atoms with Gasteiger partial charge in [-0.3, -0.25) is 0 Å². The second-order valence-corrected chi connectivity index (χ2v) is 8.79. The van der Waals surface area contributed by atoms with E-state index in [0.717, 1.165) is 12.3 Å². The average molecular weight is 313 g/mol. The van der Waals surface area contributed by atoms with E-state index in [1.165, 1.54) is 6.07 Å². The lowest BCUT2D eigenvalue weighted by Gasteiger charge is -2.03. The third-order valence-electron chi connectivity index (χ3n) is 1.82. The summed E-state index contributed by atoms with van der Waals surface area (Å²) in [7, 11) is -7.11. The van der Waals surface area contributed by atoms with Crippen molar-refractivity contribution in [2.75, 3.05) is 18.6 Å². The highest BCUT2D eigenvalue weighted by Crippen LogP contribution is 2.21. The number of sulfonamides is 1. The molecule has 2 N–H and O–H groups in total. The van der Waals surface area contributed by atoms with Crippen molar-refractivity contribution in [1.29, 1.82) is 0 Å². The summed E-state index contributed by atoms with van der Waals surface area (Å²) in [6, 6.07) is 2.34. The molecule has 0 aliphatic carbocycles. The van der Waals surface area contributed by atoms with Crippen molar-refractivity contribution in [2.45, 2.75) is 4.21 Å². The van der Waals surface area contributed by atoms with Gasteiger partial charge in [-0.2, -0.15) is 0 Å². The number of carboxylic acids is 1. The van der Waals surface area contributed by atoms with Gasteiger partial charge in [0.15, 0.2) is 0 Å². The van der Waals surface area contributed by atoms with Crippen molar-refractivity contribution >= 4 is 37.2 Å². The lowest BCUT2D eigenvalue weighted by molar-refractivity contribution is 0.0702. The molecule has 0 fully saturated rings. The van der Waals surface area contributed by atoms with Crippen LogP contribution in [0.15, 0.2) is 16.3 Å². The van der Waals surface area contributed by atoms with E-state index < -0.39 is 25.8 Å². The summed E-state index contributed by atoms with van der Waals surface area (Å²) in [5.41, 5.74) is 0. The number of aromatic carboxylic acids is 1. The van der Waals surface area contributed by atoms with Crippen molar-refractivity contribution < 1.29 is 26.7 Å². The number of hydrogen-bond donors (Lipinski definition) is 2. The van der Waals surface area contributed by atoms with Crippen LogP contribution in [0.3, 0.4) is 0 Å². The van der Waals surface area contributed by atoms with Crippen molar-refractivity contribution in [3.05, 3.63) is 17.0 Å². The van der Waals surface area contributed by atoms with Crippen LogP contribution in [0.5, 0.6) is 0 Å². The first-order valence-corrected chi connectivity index (χ1v) is 8.98. The van der Waals surface area contributed by atoms with Gasteiger partial charge in [0.2, 0.25) is 10.0 Å². The predicted octanol–water partition coefficient (Wildman–Crippen LogP) is -0.231. The maximum atomic E-state index is 11.7. The van der Waals surface area contributed by atoms with Gasteiger partial charge in [-0.15, -0.1) is 11.3 Å². The minimum atomic E-state index is -3.85. The molecule has 0 amide bonds. The number of carbonyl (C=O) groups is 1. The highest BCUT2D eigenvalue weighted by Gasteiger charge is 2.19. The van der Waals surface area contributed by atoms with Crippen LogP contribution in [0.4, 0.5) is 0 Å². The Bertz CT molecular complexity index is 642. The topological polar surface area (TPSA) is 118 Å². The Morgan fingerprint density at radius 1 is 1.33 bits per heavy atom. The monoisotopic (exact) mass is 313 g/mol. The van der Waals surface area contributed by atoms with Gasteiger partial charge in [0, 0.05) is 12.8 Å². The van der Waals surface area contributed by atoms with Gasteiger partial charge in [0.25, 0.3) is 0 Å². The molecular weight excluding hydrogens is 302 g/mol. The SMILES string of the molecule is CS(=O)(=O)CCNS(=O)(=O)c1ccc(C(=O)O)s1. The van der Waals surface area contributed by atoms with Gasteiger partial charge in [-0.25, -0.2) is 26.4 Å². The molecule has 18 heavy (non-hydrogen) atoms. The van der Waals surface area contributed by atoms with E-state index in [1.807, 2.05) is 0 Å². The fraction of sp³-hybridized carbons (Fsp3) is 0.375. The number of thiophene rings is 1. The molecule has 10 heteroatoms. The van der Waals surface area contributed by atoms with Gasteiger partial charge < -0.3 is 5.11 Å². The van der Waals surface area contributed by atoms with Gasteiger partial charge in [0.05, 0.1) is 5.75 Å². The molecule has 0 bridgehead atoms. The average Bonchev–Trinajstić information content (AvgIpc) is 2.63. The fourth-order valence-corrected chi connectivity index (χ4v) is 3.84. The van der Waals surface area contributed by atoms with E-state index in [9.17, 15) is 21.6 Å². The Morgan fingerprint density at radius 2 is 1.94 bits per heavy atom. The molecule has 102 valence electrons. The molecule has 1 aromatic rings. The summed E-state index contributed by atoms with van der Waals surface area (Å²) in [5.74, 6) is -1.53. The third kappa shape index (κ3) is 4.37. The maximum Gasteiger partial charge on any atom is 0.345 e. The van der Waals surface area contributed by atoms with Crippen LogP contribution < -0.4 is 4.72 Å². The van der Waals surface area contributed by atoms with Gasteiger partial charge in [0.1, 0.15) is 18.9 Å². The third-order valence-corrected chi connectivity index (χ3v) is 5.79. The standard InChI is InChI=1S/C8H11NO6S3/c1-17(12,13)5-4-9-18(14,15)7-3-2-6(16-7)8(10)11/h2-3,9H,4-5H2,1H3,(H,10,11). The molecule has 0 saturated heterocycles. The molecule has 1 heterocycles. The van der Waals surface area contributed by atoms with Crippen molar-refractivity contribution in [2.24, 2.45) is 0 Å². The second kappa shape index (κ2) is 5.34. The van der Waals surface area contributed by atoms with Crippen LogP contribution in [0.1, 0.15) is 9.67 Å². The van der Waals surface area contributed by atoms with Crippen molar-refractivity contribution in [1.82, 2.24) is 4.72 Å². The van der Waals surface area contributed by atoms with Crippen molar-refractivity contribution in [3.63, 3.8) is 0 Å². The summed E-state index contributed by atoms with van der Waals surface area (Å²) in [5, 5.41) is 8.66. The normalized spacial score (nSPS) is 12.5. The number of hydrogen-bond acceptors (Lipinski definition) is 6. The van der Waals surface area contributed by atoms with Crippen LogP contribution in [0.25, 0.3) is 0 Å². The minimum absolute atomic E-state index is 0.0986. The molecule has 0 radical (unpaired) electrons. The highest BCUT2D eigenvalue weighted by molar-refractivity contribution is 7.92. The van der Waals surface area contributed by atoms with Crippen LogP contribution in [0, 0.1) is 0 Å². The molecule has 0 aliphatic rings. The summed E-state index contributed by atoms with van der Waals surface area (Å²) in [6.45, 7) is -0.249. The second-order valence-electron chi connectivity index (χ2n) is 3.45. The Balaban J connectivity index is 2.77. The smallest absolute Gasteiger partial charge is 0.345 e. The van der Waals surface area contributed by atoms with E-state index in [2.05, 4.69) is 4.72 Å². The molecular formula is C8H11NO6S3. The summed E-state index contributed by atoms with van der Waals surface area (Å²) in [4.78, 5) is 10.5. The maximum absolute atomic E-state index is 11.7. The Hall–Kier alpha value is -0.970. The first-order chi connectivity index (χ1) is 8.12. The predicted molar refractivity (Wildman–Crippen MR) is 66.2 cm³/mol. The summed E-state index contributed by atoms with van der Waals surface area (Å²) < 4.78 is 46.9. The van der Waals surface area contributed by atoms with Crippen molar-refractivity contribution in [3.8, 4) is 0 Å². The minimum Gasteiger partial charge on any atom is -0.477 e. The molecule has 7 nitrogen and oxygen atoms in total. The van der Waals surface area contributed by atoms with Crippen LogP contribution in [-0.4, -0.2) is 46.5 Å². The van der Waals surface area contributed by atoms with E-state index in [-0.39, 0.29) is 21.4 Å². The molecule has 1 rings (SSSR count). The summed E-state index contributed by atoms with van der Waals surface area (Å²) in [6.07, 6.45) is 0.995. The van der Waals surface area contributed by atoms with E-state index in [4.69, 9.17) is 5.11 Å². The molecule has 0 aliphatic heterocycles. The van der Waals surface area contributed by atoms with E-state index >= 15 is 0 Å². The Kier molecular flexibility index (Phi) is 4.48. The molecule has 0 saturated carbocycles. The zero-order valence-electron chi connectivity index (χ0n) is 9.28. The number of rotatable bonds is 6. The first-order valence-electron chi connectivity index (χ1n) is 4.62. The first kappa shape index (κ1) is 15.1. The number of carboxylic acid groups (broad SMARTS) is 1. The van der Waals surface area contributed by atoms with Gasteiger partial charge in [-0.05, 0) is 12.1 Å². The Morgan fingerprint density at radius 3 is 2.39 bits per heavy atom. The number of nitrogens with one attached hydrogen (secondary N) is 1. The quantitative estimate of drug-likeness (QED) is 0.749. The molecule has 1 aromatic heterocycles. The highest BCUT2D eigenvalue weighted by atomic mass is 32.2. The van der Waals surface area contributed by atoms with Gasteiger partial charge >= 0.3 is 5.97 Å². The zero-order valence-corrected chi connectivity index (χ0v) is 11.7. The van der Waals surface area contributed by atoms with Crippen LogP contribution >= 0.6 is 11.3 Å². The zero-order chi connectivity index (χ0) is 14.0. The lowest BCUT2D eigenvalue weighted by atomic mass is 10.5.